The summed E-state index contributed by atoms with van der Waals surface area (Å²) in [5, 5.41) is 1.57. The first-order valence-electron chi connectivity index (χ1n) is 3.13. The molecule has 2 nitrogen and oxygen atoms in total. The molecule has 1 radical (unpaired) electrons. The third kappa shape index (κ3) is 1.17. The van der Waals surface area contributed by atoms with E-state index in [1.807, 2.05) is 6.07 Å². The molecular weight excluding hydrogens is 160 g/mol. The topological polar surface area (TPSA) is 25.8 Å². The third-order valence-electron chi connectivity index (χ3n) is 1.40. The van der Waals surface area contributed by atoms with Crippen molar-refractivity contribution in [1.82, 2.24) is 9.97 Å². The van der Waals surface area contributed by atoms with E-state index in [-0.39, 0.29) is 0 Å². The molecule has 0 saturated heterocycles. The summed E-state index contributed by atoms with van der Waals surface area (Å²) in [4.78, 5) is 7.91. The molecule has 0 bridgehead atoms. The minimum atomic E-state index is 0.630. The summed E-state index contributed by atoms with van der Waals surface area (Å²) >= 11 is 5.72. The average molecular weight is 164 g/mol. The second-order valence-corrected chi connectivity index (χ2v) is 2.60. The molecule has 0 aliphatic carbocycles. The van der Waals surface area contributed by atoms with Crippen LogP contribution >= 0.6 is 11.6 Å². The van der Waals surface area contributed by atoms with Crippen LogP contribution < -0.4 is 0 Å². The zero-order valence-electron chi connectivity index (χ0n) is 5.58. The van der Waals surface area contributed by atoms with Crippen molar-refractivity contribution in [3.05, 3.63) is 35.7 Å². The van der Waals surface area contributed by atoms with Crippen molar-refractivity contribution in [3.8, 4) is 0 Å². The fourth-order valence-electron chi connectivity index (χ4n) is 0.895. The van der Waals surface area contributed by atoms with E-state index in [4.69, 9.17) is 11.6 Å². The van der Waals surface area contributed by atoms with Crippen molar-refractivity contribution in [2.24, 2.45) is 0 Å². The minimum absolute atomic E-state index is 0.630. The normalized spacial score (nSPS) is 10.3. The lowest BCUT2D eigenvalue weighted by Crippen LogP contribution is -1.79. The zero-order valence-corrected chi connectivity index (χ0v) is 6.34. The first-order chi connectivity index (χ1) is 5.36. The van der Waals surface area contributed by atoms with E-state index in [9.17, 15) is 0 Å². The smallest absolute Gasteiger partial charge is 0.0908 e. The number of hydrogen-bond acceptors (Lipinski definition) is 2. The molecule has 0 unspecified atom stereocenters. The quantitative estimate of drug-likeness (QED) is 0.594. The van der Waals surface area contributed by atoms with Gasteiger partial charge in [-0.2, -0.15) is 0 Å². The molecule has 0 spiro atoms. The number of fused-ring (bicyclic) bond motifs is 1. The van der Waals surface area contributed by atoms with Crippen molar-refractivity contribution >= 4 is 22.5 Å². The van der Waals surface area contributed by atoms with Crippen LogP contribution in [0.4, 0.5) is 0 Å². The van der Waals surface area contributed by atoms with Gasteiger partial charge in [0.05, 0.1) is 16.7 Å². The lowest BCUT2D eigenvalue weighted by Gasteiger charge is -1.93. The van der Waals surface area contributed by atoms with Crippen molar-refractivity contribution in [3.63, 3.8) is 0 Å². The maximum absolute atomic E-state index is 5.72. The molecule has 0 aliphatic heterocycles. The summed E-state index contributed by atoms with van der Waals surface area (Å²) in [6.07, 6.45) is 6.00. The molecule has 0 aromatic carbocycles. The Morgan fingerprint density at radius 1 is 1.36 bits per heavy atom. The number of nitrogens with zero attached hydrogens (tertiary/aromatic N) is 2. The summed E-state index contributed by atoms with van der Waals surface area (Å²) in [5.41, 5.74) is 0.865. The number of pyridine rings is 2. The standard InChI is InChI=1S/C8H4ClN2/c9-7-3-6-4-10-2-1-8(6)11-5-7/h1,3-5H. The van der Waals surface area contributed by atoms with Crippen LogP contribution in [-0.4, -0.2) is 9.97 Å². The SMILES string of the molecule is Clc1cnc2c[c]ncc2c1. The monoisotopic (exact) mass is 163 g/mol. The first-order valence-corrected chi connectivity index (χ1v) is 3.51. The molecule has 53 valence electrons. The predicted molar refractivity (Wildman–Crippen MR) is 43.4 cm³/mol. The van der Waals surface area contributed by atoms with Crippen molar-refractivity contribution in [2.75, 3.05) is 0 Å². The predicted octanol–water partition coefficient (Wildman–Crippen LogP) is 2.08. The van der Waals surface area contributed by atoms with Gasteiger partial charge in [0.25, 0.3) is 0 Å². The molecule has 0 N–H and O–H groups in total. The van der Waals surface area contributed by atoms with E-state index in [2.05, 4.69) is 16.2 Å². The second kappa shape index (κ2) is 2.47. The van der Waals surface area contributed by atoms with Crippen LogP contribution in [0.15, 0.2) is 24.5 Å². The third-order valence-corrected chi connectivity index (χ3v) is 1.60. The fraction of sp³-hybridized carbons (Fsp3) is 0. The van der Waals surface area contributed by atoms with Crippen molar-refractivity contribution in [2.45, 2.75) is 0 Å². The van der Waals surface area contributed by atoms with E-state index in [0.29, 0.717) is 5.02 Å². The molecule has 2 aromatic rings. The van der Waals surface area contributed by atoms with E-state index in [1.165, 1.54) is 0 Å². The van der Waals surface area contributed by atoms with Gasteiger partial charge >= 0.3 is 0 Å². The van der Waals surface area contributed by atoms with E-state index in [0.717, 1.165) is 10.9 Å². The summed E-state index contributed by atoms with van der Waals surface area (Å²) in [6.45, 7) is 0. The van der Waals surface area contributed by atoms with Gasteiger partial charge in [-0.25, -0.2) is 0 Å². The van der Waals surface area contributed by atoms with Crippen LogP contribution in [-0.2, 0) is 0 Å². The number of halogens is 1. The fourth-order valence-corrected chi connectivity index (χ4v) is 1.06. The maximum Gasteiger partial charge on any atom is 0.0908 e. The Kier molecular flexibility index (Phi) is 1.47. The molecule has 0 amide bonds. The van der Waals surface area contributed by atoms with Gasteiger partial charge in [0.1, 0.15) is 0 Å². The Morgan fingerprint density at radius 2 is 2.27 bits per heavy atom. The maximum atomic E-state index is 5.72. The molecule has 11 heavy (non-hydrogen) atoms. The second-order valence-electron chi connectivity index (χ2n) is 2.16. The molecular formula is C8H4ClN2. The highest BCUT2D eigenvalue weighted by Crippen LogP contribution is 2.14. The molecule has 0 atom stereocenters. The first kappa shape index (κ1) is 6.55. The van der Waals surface area contributed by atoms with Gasteiger partial charge < -0.3 is 0 Å². The highest BCUT2D eigenvalue weighted by atomic mass is 35.5. The van der Waals surface area contributed by atoms with Crippen LogP contribution in [0, 0.1) is 6.20 Å². The van der Waals surface area contributed by atoms with Crippen LogP contribution in [0.1, 0.15) is 0 Å². The van der Waals surface area contributed by atoms with Gasteiger partial charge in [-0.3, -0.25) is 9.97 Å². The summed E-state index contributed by atoms with van der Waals surface area (Å²) < 4.78 is 0. The van der Waals surface area contributed by atoms with Crippen LogP contribution in [0.25, 0.3) is 10.9 Å². The zero-order chi connectivity index (χ0) is 7.68. The van der Waals surface area contributed by atoms with Gasteiger partial charge in [0.15, 0.2) is 0 Å². The molecule has 0 saturated carbocycles. The van der Waals surface area contributed by atoms with Crippen molar-refractivity contribution < 1.29 is 0 Å². The molecule has 0 fully saturated rings. The molecule has 2 rings (SSSR count). The summed E-state index contributed by atoms with van der Waals surface area (Å²) in [5.74, 6) is 0. The Bertz CT molecular complexity index is 387. The van der Waals surface area contributed by atoms with Crippen molar-refractivity contribution in [1.29, 1.82) is 0 Å². The molecule has 2 aromatic heterocycles. The largest absolute Gasteiger partial charge is 0.255 e. The van der Waals surface area contributed by atoms with Gasteiger partial charge in [-0.1, -0.05) is 11.6 Å². The molecule has 3 heteroatoms. The summed E-state index contributed by atoms with van der Waals surface area (Å²) in [6, 6.07) is 3.55. The van der Waals surface area contributed by atoms with Crippen LogP contribution in [0.3, 0.4) is 0 Å². The van der Waals surface area contributed by atoms with Gasteiger partial charge in [0, 0.05) is 17.8 Å². The van der Waals surface area contributed by atoms with E-state index in [1.54, 1.807) is 18.5 Å². The van der Waals surface area contributed by atoms with E-state index < -0.39 is 0 Å². The minimum Gasteiger partial charge on any atom is -0.255 e. The van der Waals surface area contributed by atoms with Gasteiger partial charge in [0.2, 0.25) is 0 Å². The van der Waals surface area contributed by atoms with Gasteiger partial charge in [-0.05, 0) is 12.1 Å². The van der Waals surface area contributed by atoms with Gasteiger partial charge in [-0.15, -0.1) is 0 Å². The Balaban J connectivity index is 2.83. The Morgan fingerprint density at radius 3 is 3.18 bits per heavy atom. The Hall–Kier alpha value is -1.15. The lowest BCUT2D eigenvalue weighted by atomic mass is 10.3. The highest BCUT2D eigenvalue weighted by Gasteiger charge is 1.93. The number of aromatic nitrogens is 2. The van der Waals surface area contributed by atoms with E-state index >= 15 is 0 Å². The summed E-state index contributed by atoms with van der Waals surface area (Å²) in [7, 11) is 0. The number of hydrogen-bond donors (Lipinski definition) is 0. The lowest BCUT2D eigenvalue weighted by molar-refractivity contribution is 1.31. The highest BCUT2D eigenvalue weighted by molar-refractivity contribution is 6.31. The molecule has 2 heterocycles. The molecule has 0 aliphatic rings. The van der Waals surface area contributed by atoms with Crippen LogP contribution in [0.2, 0.25) is 5.02 Å². The van der Waals surface area contributed by atoms with Crippen LogP contribution in [0.5, 0.6) is 0 Å². The number of rotatable bonds is 0. The Labute approximate surface area is 68.9 Å². The average Bonchev–Trinajstić information content (AvgIpc) is 2.04.